The van der Waals surface area contributed by atoms with Crippen LogP contribution in [-0.2, 0) is 4.79 Å². The molecule has 0 aliphatic heterocycles. The Balaban J connectivity index is 1.64. The predicted octanol–water partition coefficient (Wildman–Crippen LogP) is 3.49. The van der Waals surface area contributed by atoms with Crippen molar-refractivity contribution in [2.24, 2.45) is 0 Å². The Labute approximate surface area is 158 Å². The van der Waals surface area contributed by atoms with Crippen LogP contribution in [0.25, 0.3) is 11.4 Å². The number of anilines is 1. The van der Waals surface area contributed by atoms with Gasteiger partial charge in [-0.05, 0) is 55.0 Å². The summed E-state index contributed by atoms with van der Waals surface area (Å²) in [7, 11) is 0. The van der Waals surface area contributed by atoms with Crippen molar-refractivity contribution in [3.63, 3.8) is 0 Å². The topological polar surface area (TPSA) is 85.8 Å². The zero-order valence-electron chi connectivity index (χ0n) is 13.7. The summed E-state index contributed by atoms with van der Waals surface area (Å²) < 4.78 is 14.3. The smallest absolute Gasteiger partial charge is 0.234 e. The van der Waals surface area contributed by atoms with E-state index in [1.54, 1.807) is 30.3 Å². The molecule has 0 saturated heterocycles. The summed E-state index contributed by atoms with van der Waals surface area (Å²) in [6.45, 7) is 1.86. The number of nitrogens with two attached hydrogens (primary N) is 1. The van der Waals surface area contributed by atoms with Crippen molar-refractivity contribution < 1.29 is 9.18 Å². The molecule has 3 rings (SSSR count). The Hall–Kier alpha value is -2.58. The van der Waals surface area contributed by atoms with Gasteiger partial charge in [0.25, 0.3) is 0 Å². The lowest BCUT2D eigenvalue weighted by atomic mass is 10.2. The summed E-state index contributed by atoms with van der Waals surface area (Å²) in [4.78, 5) is 12.1. The number of rotatable bonds is 5. The molecular weight excluding hydrogens is 377 g/mol. The van der Waals surface area contributed by atoms with Gasteiger partial charge < -0.3 is 11.2 Å². The second-order valence-electron chi connectivity index (χ2n) is 5.48. The highest BCUT2D eigenvalue weighted by Gasteiger charge is 2.14. The van der Waals surface area contributed by atoms with Crippen molar-refractivity contribution in [2.75, 3.05) is 16.9 Å². The van der Waals surface area contributed by atoms with E-state index in [0.29, 0.717) is 27.3 Å². The summed E-state index contributed by atoms with van der Waals surface area (Å²) in [5.74, 6) is 5.94. The van der Waals surface area contributed by atoms with Gasteiger partial charge in [-0.2, -0.15) is 0 Å². The Morgan fingerprint density at radius 3 is 2.69 bits per heavy atom. The maximum absolute atomic E-state index is 13.0. The first-order valence-electron chi connectivity index (χ1n) is 7.59. The van der Waals surface area contributed by atoms with Crippen LogP contribution >= 0.6 is 23.4 Å². The van der Waals surface area contributed by atoms with Crippen LogP contribution in [0.15, 0.2) is 47.6 Å². The minimum absolute atomic E-state index is 0.112. The minimum Gasteiger partial charge on any atom is -0.335 e. The summed E-state index contributed by atoms with van der Waals surface area (Å²) in [6.07, 6.45) is 0. The van der Waals surface area contributed by atoms with Crippen molar-refractivity contribution in [3.8, 4) is 11.4 Å². The summed E-state index contributed by atoms with van der Waals surface area (Å²) in [5.41, 5.74) is 2.20. The minimum atomic E-state index is -0.347. The standard InChI is InChI=1S/C17H15ClFN5OS/c1-10-8-12(18)4-7-14(10)21-15(25)9-26-17-23-22-16(24(17)20)11-2-5-13(19)6-3-11/h2-8H,9,20H2,1H3,(H,21,25). The molecule has 3 aromatic rings. The van der Waals surface area contributed by atoms with Crippen LogP contribution in [0.2, 0.25) is 5.02 Å². The van der Waals surface area contributed by atoms with Crippen LogP contribution in [0.3, 0.4) is 0 Å². The molecule has 0 spiro atoms. The van der Waals surface area contributed by atoms with Crippen LogP contribution in [0.4, 0.5) is 10.1 Å². The first-order valence-corrected chi connectivity index (χ1v) is 8.95. The van der Waals surface area contributed by atoms with Crippen molar-refractivity contribution >= 4 is 35.0 Å². The Bertz CT molecular complexity index is 945. The molecule has 0 unspecified atom stereocenters. The van der Waals surface area contributed by atoms with Crippen LogP contribution in [0.1, 0.15) is 5.56 Å². The van der Waals surface area contributed by atoms with Crippen LogP contribution in [0, 0.1) is 12.7 Å². The van der Waals surface area contributed by atoms with Crippen LogP contribution < -0.4 is 11.2 Å². The van der Waals surface area contributed by atoms with E-state index in [2.05, 4.69) is 15.5 Å². The number of amides is 1. The van der Waals surface area contributed by atoms with E-state index in [4.69, 9.17) is 17.4 Å². The fourth-order valence-electron chi connectivity index (χ4n) is 2.26. The van der Waals surface area contributed by atoms with Gasteiger partial charge in [-0.15, -0.1) is 10.2 Å². The van der Waals surface area contributed by atoms with E-state index in [1.807, 2.05) is 6.92 Å². The maximum atomic E-state index is 13.0. The van der Waals surface area contributed by atoms with Gasteiger partial charge in [0, 0.05) is 16.3 Å². The molecule has 0 fully saturated rings. The zero-order valence-corrected chi connectivity index (χ0v) is 15.3. The average Bonchev–Trinajstić information content (AvgIpc) is 2.97. The largest absolute Gasteiger partial charge is 0.335 e. The summed E-state index contributed by atoms with van der Waals surface area (Å²) in [6, 6.07) is 11.0. The molecule has 1 heterocycles. The molecule has 0 aliphatic carbocycles. The highest BCUT2D eigenvalue weighted by atomic mass is 35.5. The van der Waals surface area contributed by atoms with Gasteiger partial charge in [-0.3, -0.25) is 4.79 Å². The first kappa shape index (κ1) is 18.2. The number of hydrogen-bond donors (Lipinski definition) is 2. The maximum Gasteiger partial charge on any atom is 0.234 e. The van der Waals surface area contributed by atoms with Gasteiger partial charge in [-0.1, -0.05) is 23.4 Å². The number of hydrogen-bond acceptors (Lipinski definition) is 5. The third-order valence-corrected chi connectivity index (χ3v) is 4.74. The summed E-state index contributed by atoms with van der Waals surface area (Å²) in [5, 5.41) is 11.8. The Morgan fingerprint density at radius 2 is 2.00 bits per heavy atom. The number of carbonyl (C=O) groups is 1. The van der Waals surface area contributed by atoms with Gasteiger partial charge in [-0.25, -0.2) is 9.07 Å². The lowest BCUT2D eigenvalue weighted by molar-refractivity contribution is -0.113. The van der Waals surface area contributed by atoms with Gasteiger partial charge in [0.15, 0.2) is 5.82 Å². The molecule has 0 saturated carbocycles. The lowest BCUT2D eigenvalue weighted by Gasteiger charge is -2.08. The van der Waals surface area contributed by atoms with E-state index < -0.39 is 0 Å². The van der Waals surface area contributed by atoms with E-state index in [0.717, 1.165) is 17.3 Å². The molecule has 3 N–H and O–H groups in total. The molecule has 9 heteroatoms. The number of carbonyl (C=O) groups excluding carboxylic acids is 1. The van der Waals surface area contributed by atoms with E-state index in [9.17, 15) is 9.18 Å². The number of aromatic nitrogens is 3. The fourth-order valence-corrected chi connectivity index (χ4v) is 3.14. The molecule has 26 heavy (non-hydrogen) atoms. The quantitative estimate of drug-likeness (QED) is 0.513. The highest BCUT2D eigenvalue weighted by Crippen LogP contribution is 2.23. The first-order chi connectivity index (χ1) is 12.4. The van der Waals surface area contributed by atoms with Crippen molar-refractivity contribution in [1.29, 1.82) is 0 Å². The number of thioether (sulfide) groups is 1. The second-order valence-corrected chi connectivity index (χ2v) is 6.86. The van der Waals surface area contributed by atoms with Crippen molar-refractivity contribution in [3.05, 3.63) is 58.9 Å². The molecule has 0 bridgehead atoms. The predicted molar refractivity (Wildman–Crippen MR) is 101 cm³/mol. The lowest BCUT2D eigenvalue weighted by Crippen LogP contribution is -2.17. The molecule has 2 aromatic carbocycles. The normalized spacial score (nSPS) is 10.7. The van der Waals surface area contributed by atoms with Gasteiger partial charge in [0.05, 0.1) is 5.75 Å². The number of benzene rings is 2. The average molecular weight is 392 g/mol. The second kappa shape index (κ2) is 7.76. The molecular formula is C17H15ClFN5OS. The summed E-state index contributed by atoms with van der Waals surface area (Å²) >= 11 is 7.06. The number of nitrogens with zero attached hydrogens (tertiary/aromatic N) is 3. The van der Waals surface area contributed by atoms with Gasteiger partial charge in [0.2, 0.25) is 11.1 Å². The van der Waals surface area contributed by atoms with Crippen molar-refractivity contribution in [2.45, 2.75) is 12.1 Å². The number of nitrogen functional groups attached to an aromatic ring is 1. The SMILES string of the molecule is Cc1cc(Cl)ccc1NC(=O)CSc1nnc(-c2ccc(F)cc2)n1N. The molecule has 1 amide bonds. The molecule has 134 valence electrons. The van der Waals surface area contributed by atoms with E-state index in [1.165, 1.54) is 16.8 Å². The van der Waals surface area contributed by atoms with E-state index >= 15 is 0 Å². The molecule has 1 aromatic heterocycles. The van der Waals surface area contributed by atoms with Crippen LogP contribution in [-0.4, -0.2) is 26.5 Å². The third-order valence-electron chi connectivity index (χ3n) is 3.56. The zero-order chi connectivity index (χ0) is 18.7. The molecule has 0 radical (unpaired) electrons. The van der Waals surface area contributed by atoms with Gasteiger partial charge in [0.1, 0.15) is 5.82 Å². The van der Waals surface area contributed by atoms with E-state index in [-0.39, 0.29) is 17.5 Å². The Morgan fingerprint density at radius 1 is 1.27 bits per heavy atom. The molecule has 0 aliphatic rings. The molecule has 0 atom stereocenters. The number of halogens is 2. The van der Waals surface area contributed by atoms with Crippen LogP contribution in [0.5, 0.6) is 0 Å². The Kier molecular flexibility index (Phi) is 5.43. The van der Waals surface area contributed by atoms with Gasteiger partial charge >= 0.3 is 0 Å². The third kappa shape index (κ3) is 4.14. The number of aryl methyl sites for hydroxylation is 1. The highest BCUT2D eigenvalue weighted by molar-refractivity contribution is 7.99. The van der Waals surface area contributed by atoms with Crippen molar-refractivity contribution in [1.82, 2.24) is 14.9 Å². The molecule has 6 nitrogen and oxygen atoms in total. The monoisotopic (exact) mass is 391 g/mol. The fraction of sp³-hybridized carbons (Fsp3) is 0.118. The number of nitrogens with one attached hydrogen (secondary N) is 1.